The van der Waals surface area contributed by atoms with Gasteiger partial charge in [-0.3, -0.25) is 4.79 Å². The van der Waals surface area contributed by atoms with Crippen molar-refractivity contribution >= 4 is 12.0 Å². The van der Waals surface area contributed by atoms with Gasteiger partial charge < -0.3 is 20.1 Å². The van der Waals surface area contributed by atoms with Gasteiger partial charge >= 0.3 is 12.0 Å². The first-order valence-electron chi connectivity index (χ1n) is 9.58. The first-order chi connectivity index (χ1) is 13.5. The lowest BCUT2D eigenvalue weighted by atomic mass is 9.97. The standard InChI is InChI=1S/C22H26N2O4/c1-16(23-22(27)24-13-11-18(12-14-24)21(25)26)19-9-5-6-10-20(19)28-15-17-7-3-2-4-8-17/h2-10,16,18H,11-15H2,1H3,(H,23,27)(H,25,26)/t16-/m1/s1. The summed E-state index contributed by atoms with van der Waals surface area (Å²) in [5.41, 5.74) is 1.99. The molecule has 6 nitrogen and oxygen atoms in total. The fraction of sp³-hybridized carbons (Fsp3) is 0.364. The predicted molar refractivity (Wildman–Crippen MR) is 106 cm³/mol. The van der Waals surface area contributed by atoms with Crippen LogP contribution in [0.5, 0.6) is 5.75 Å². The molecule has 2 aromatic carbocycles. The van der Waals surface area contributed by atoms with Gasteiger partial charge in [0.1, 0.15) is 12.4 Å². The Hall–Kier alpha value is -3.02. The molecule has 0 saturated carbocycles. The molecule has 1 heterocycles. The van der Waals surface area contributed by atoms with Gasteiger partial charge in [0.2, 0.25) is 0 Å². The number of rotatable bonds is 6. The van der Waals surface area contributed by atoms with Gasteiger partial charge in [0, 0.05) is 18.7 Å². The number of hydrogen-bond donors (Lipinski definition) is 2. The zero-order chi connectivity index (χ0) is 19.9. The molecule has 0 bridgehead atoms. The second kappa shape index (κ2) is 9.26. The van der Waals surface area contributed by atoms with Crippen LogP contribution in [0.2, 0.25) is 0 Å². The van der Waals surface area contributed by atoms with E-state index in [0.29, 0.717) is 32.5 Å². The molecular weight excluding hydrogens is 356 g/mol. The van der Waals surface area contributed by atoms with Crippen molar-refractivity contribution in [2.75, 3.05) is 13.1 Å². The third kappa shape index (κ3) is 5.03. The van der Waals surface area contributed by atoms with E-state index >= 15 is 0 Å². The van der Waals surface area contributed by atoms with Gasteiger partial charge in [0.05, 0.1) is 12.0 Å². The van der Waals surface area contributed by atoms with Crippen LogP contribution in [0.25, 0.3) is 0 Å². The van der Waals surface area contributed by atoms with E-state index in [4.69, 9.17) is 9.84 Å². The van der Waals surface area contributed by atoms with E-state index in [2.05, 4.69) is 5.32 Å². The van der Waals surface area contributed by atoms with Crippen molar-refractivity contribution < 1.29 is 19.4 Å². The molecule has 1 saturated heterocycles. The number of hydrogen-bond acceptors (Lipinski definition) is 3. The van der Waals surface area contributed by atoms with E-state index in [0.717, 1.165) is 16.9 Å². The van der Waals surface area contributed by atoms with Gasteiger partial charge in [0.15, 0.2) is 0 Å². The second-order valence-electron chi connectivity index (χ2n) is 7.08. The number of urea groups is 1. The summed E-state index contributed by atoms with van der Waals surface area (Å²) in [5, 5.41) is 12.1. The molecule has 1 atom stereocenters. The molecule has 28 heavy (non-hydrogen) atoms. The van der Waals surface area contributed by atoms with E-state index in [1.54, 1.807) is 4.90 Å². The van der Waals surface area contributed by atoms with Crippen molar-refractivity contribution in [3.63, 3.8) is 0 Å². The Bertz CT molecular complexity index is 801. The van der Waals surface area contributed by atoms with Crippen molar-refractivity contribution in [2.24, 2.45) is 5.92 Å². The Morgan fingerprint density at radius 3 is 2.43 bits per heavy atom. The summed E-state index contributed by atoms with van der Waals surface area (Å²) >= 11 is 0. The van der Waals surface area contributed by atoms with Crippen molar-refractivity contribution in [1.29, 1.82) is 0 Å². The normalized spacial score (nSPS) is 15.7. The number of carboxylic acid groups (broad SMARTS) is 1. The number of para-hydroxylation sites is 1. The molecule has 3 rings (SSSR count). The lowest BCUT2D eigenvalue weighted by Gasteiger charge is -2.31. The van der Waals surface area contributed by atoms with Crippen LogP contribution in [-0.2, 0) is 11.4 Å². The molecule has 0 aromatic heterocycles. The molecule has 1 fully saturated rings. The molecule has 148 valence electrons. The number of nitrogens with one attached hydrogen (secondary N) is 1. The quantitative estimate of drug-likeness (QED) is 0.796. The highest BCUT2D eigenvalue weighted by atomic mass is 16.5. The van der Waals surface area contributed by atoms with Crippen LogP contribution in [0.15, 0.2) is 54.6 Å². The van der Waals surface area contributed by atoms with Crippen LogP contribution < -0.4 is 10.1 Å². The maximum atomic E-state index is 12.6. The highest BCUT2D eigenvalue weighted by molar-refractivity contribution is 5.76. The molecule has 1 aliphatic heterocycles. The van der Waals surface area contributed by atoms with Gasteiger partial charge in [-0.05, 0) is 31.4 Å². The molecule has 0 aliphatic carbocycles. The number of benzene rings is 2. The predicted octanol–water partition coefficient (Wildman–Crippen LogP) is 3.83. The van der Waals surface area contributed by atoms with E-state index in [-0.39, 0.29) is 18.0 Å². The van der Waals surface area contributed by atoms with Gasteiger partial charge in [-0.1, -0.05) is 48.5 Å². The Labute approximate surface area is 165 Å². The summed E-state index contributed by atoms with van der Waals surface area (Å²) in [4.78, 5) is 25.3. The summed E-state index contributed by atoms with van der Waals surface area (Å²) in [6, 6.07) is 17.2. The average Bonchev–Trinajstić information content (AvgIpc) is 2.73. The number of carbonyl (C=O) groups is 2. The SMILES string of the molecule is C[C@@H](NC(=O)N1CCC(C(=O)O)CC1)c1ccccc1OCc1ccccc1. The molecule has 1 aliphatic rings. The van der Waals surface area contributed by atoms with Crippen LogP contribution in [0.4, 0.5) is 4.79 Å². The van der Waals surface area contributed by atoms with E-state index in [1.807, 2.05) is 61.5 Å². The first kappa shape index (κ1) is 19.7. The summed E-state index contributed by atoms with van der Waals surface area (Å²) in [5.74, 6) is -0.393. The molecule has 6 heteroatoms. The van der Waals surface area contributed by atoms with Gasteiger partial charge in [-0.25, -0.2) is 4.79 Å². The van der Waals surface area contributed by atoms with Gasteiger partial charge in [-0.2, -0.15) is 0 Å². The Morgan fingerprint density at radius 1 is 1.11 bits per heavy atom. The minimum absolute atomic E-state index is 0.172. The van der Waals surface area contributed by atoms with Crippen LogP contribution >= 0.6 is 0 Å². The molecule has 0 radical (unpaired) electrons. The molecule has 0 unspecified atom stereocenters. The Balaban J connectivity index is 1.59. The Morgan fingerprint density at radius 2 is 1.75 bits per heavy atom. The molecular formula is C22H26N2O4. The monoisotopic (exact) mass is 382 g/mol. The fourth-order valence-electron chi connectivity index (χ4n) is 3.39. The summed E-state index contributed by atoms with van der Waals surface area (Å²) in [6.45, 7) is 3.30. The summed E-state index contributed by atoms with van der Waals surface area (Å²) in [6.07, 6.45) is 0.988. The smallest absolute Gasteiger partial charge is 0.317 e. The number of carbonyl (C=O) groups excluding carboxylic acids is 1. The van der Waals surface area contributed by atoms with E-state index in [9.17, 15) is 9.59 Å². The van der Waals surface area contributed by atoms with Gasteiger partial charge in [0.25, 0.3) is 0 Å². The summed E-state index contributed by atoms with van der Waals surface area (Å²) in [7, 11) is 0. The number of amides is 2. The number of ether oxygens (including phenoxy) is 1. The lowest BCUT2D eigenvalue weighted by Crippen LogP contribution is -2.46. The third-order valence-electron chi connectivity index (χ3n) is 5.09. The van der Waals surface area contributed by atoms with Crippen molar-refractivity contribution in [1.82, 2.24) is 10.2 Å². The zero-order valence-corrected chi connectivity index (χ0v) is 16.0. The topological polar surface area (TPSA) is 78.9 Å². The van der Waals surface area contributed by atoms with E-state index in [1.165, 1.54) is 0 Å². The highest BCUT2D eigenvalue weighted by Gasteiger charge is 2.27. The molecule has 2 amide bonds. The minimum Gasteiger partial charge on any atom is -0.489 e. The molecule has 0 spiro atoms. The number of carboxylic acids is 1. The van der Waals surface area contributed by atoms with Crippen LogP contribution in [0, 0.1) is 5.92 Å². The first-order valence-corrected chi connectivity index (χ1v) is 9.58. The van der Waals surface area contributed by atoms with Crippen LogP contribution in [-0.4, -0.2) is 35.1 Å². The molecule has 2 N–H and O–H groups in total. The zero-order valence-electron chi connectivity index (χ0n) is 16.0. The minimum atomic E-state index is -0.780. The van der Waals surface area contributed by atoms with Crippen molar-refractivity contribution in [3.05, 3.63) is 65.7 Å². The Kier molecular flexibility index (Phi) is 6.53. The number of likely N-dealkylation sites (tertiary alicyclic amines) is 1. The largest absolute Gasteiger partial charge is 0.489 e. The maximum Gasteiger partial charge on any atom is 0.317 e. The lowest BCUT2D eigenvalue weighted by molar-refractivity contribution is -0.143. The summed E-state index contributed by atoms with van der Waals surface area (Å²) < 4.78 is 5.98. The fourth-order valence-corrected chi connectivity index (χ4v) is 3.39. The number of nitrogens with zero attached hydrogens (tertiary/aromatic N) is 1. The number of aliphatic carboxylic acids is 1. The van der Waals surface area contributed by atoms with Crippen molar-refractivity contribution in [2.45, 2.75) is 32.4 Å². The maximum absolute atomic E-state index is 12.6. The highest BCUT2D eigenvalue weighted by Crippen LogP contribution is 2.26. The third-order valence-corrected chi connectivity index (χ3v) is 5.09. The van der Waals surface area contributed by atoms with E-state index < -0.39 is 5.97 Å². The molecule has 2 aromatic rings. The average molecular weight is 382 g/mol. The second-order valence-corrected chi connectivity index (χ2v) is 7.08. The van der Waals surface area contributed by atoms with Crippen LogP contribution in [0.1, 0.15) is 36.9 Å². The van der Waals surface area contributed by atoms with Crippen molar-refractivity contribution in [3.8, 4) is 5.75 Å². The van der Waals surface area contributed by atoms with Crippen LogP contribution in [0.3, 0.4) is 0 Å². The number of piperidine rings is 1. The van der Waals surface area contributed by atoms with Gasteiger partial charge in [-0.15, -0.1) is 0 Å².